The van der Waals surface area contributed by atoms with E-state index in [9.17, 15) is 5.11 Å². The third-order valence-corrected chi connectivity index (χ3v) is 3.70. The molecule has 0 unspecified atom stereocenters. The van der Waals surface area contributed by atoms with Crippen molar-refractivity contribution < 1.29 is 5.11 Å². The van der Waals surface area contributed by atoms with Gasteiger partial charge in [-0.15, -0.1) is 0 Å². The van der Waals surface area contributed by atoms with Gasteiger partial charge in [-0.2, -0.15) is 0 Å². The van der Waals surface area contributed by atoms with Crippen molar-refractivity contribution in [3.63, 3.8) is 0 Å². The molecular weight excluding hydrogens is 232 g/mol. The smallest absolute Gasteiger partial charge is 0.123 e. The highest BCUT2D eigenvalue weighted by Gasteiger charge is 2.13. The molecular formula is C18H22O. The van der Waals surface area contributed by atoms with Gasteiger partial charge in [-0.05, 0) is 47.6 Å². The molecule has 0 saturated heterocycles. The summed E-state index contributed by atoms with van der Waals surface area (Å²) >= 11 is 0. The van der Waals surface area contributed by atoms with Gasteiger partial charge in [0.15, 0.2) is 0 Å². The fourth-order valence-electron chi connectivity index (χ4n) is 2.63. The van der Waals surface area contributed by atoms with Gasteiger partial charge in [0.05, 0.1) is 0 Å². The summed E-state index contributed by atoms with van der Waals surface area (Å²) in [7, 11) is 0. The highest BCUT2D eigenvalue weighted by atomic mass is 16.3. The van der Waals surface area contributed by atoms with Gasteiger partial charge in [0.25, 0.3) is 0 Å². The summed E-state index contributed by atoms with van der Waals surface area (Å²) in [5.74, 6) is 0.371. The molecule has 0 aliphatic carbocycles. The number of aromatic hydroxyl groups is 1. The van der Waals surface area contributed by atoms with Crippen LogP contribution >= 0.6 is 0 Å². The van der Waals surface area contributed by atoms with Crippen LogP contribution in [0, 0.1) is 0 Å². The summed E-state index contributed by atoms with van der Waals surface area (Å²) < 4.78 is 0. The highest BCUT2D eigenvalue weighted by Crippen LogP contribution is 2.35. The van der Waals surface area contributed by atoms with Crippen LogP contribution < -0.4 is 0 Å². The molecule has 2 aromatic carbocycles. The Labute approximate surface area is 115 Å². The molecule has 100 valence electrons. The van der Waals surface area contributed by atoms with Gasteiger partial charge in [0, 0.05) is 5.56 Å². The van der Waals surface area contributed by atoms with Crippen LogP contribution in [0.3, 0.4) is 0 Å². The van der Waals surface area contributed by atoms with E-state index >= 15 is 0 Å². The van der Waals surface area contributed by atoms with Gasteiger partial charge >= 0.3 is 0 Å². The van der Waals surface area contributed by atoms with Crippen molar-refractivity contribution in [2.75, 3.05) is 0 Å². The van der Waals surface area contributed by atoms with Gasteiger partial charge in [0.2, 0.25) is 0 Å². The molecule has 0 fully saturated rings. The van der Waals surface area contributed by atoms with E-state index in [0.717, 1.165) is 24.8 Å². The van der Waals surface area contributed by atoms with Gasteiger partial charge in [-0.1, -0.05) is 51.1 Å². The lowest BCUT2D eigenvalue weighted by Crippen LogP contribution is -1.97. The molecule has 0 radical (unpaired) electrons. The van der Waals surface area contributed by atoms with E-state index in [4.69, 9.17) is 0 Å². The zero-order valence-corrected chi connectivity index (χ0v) is 12.0. The predicted octanol–water partition coefficient (Wildman–Crippen LogP) is 4.75. The van der Waals surface area contributed by atoms with Crippen LogP contribution in [0.15, 0.2) is 36.4 Å². The SMILES string of the molecule is CCc1cc(CC)c(-c2ccccc2O)c(CC)c1. The summed E-state index contributed by atoms with van der Waals surface area (Å²) in [6.45, 7) is 6.54. The molecule has 0 aliphatic heterocycles. The summed E-state index contributed by atoms with van der Waals surface area (Å²) in [5.41, 5.74) is 6.22. The number of phenols is 1. The zero-order valence-electron chi connectivity index (χ0n) is 12.0. The standard InChI is InChI=1S/C18H22O/c1-4-13-11-14(5-2)18(15(6-3)12-13)16-9-7-8-10-17(16)19/h7-12,19H,4-6H2,1-3H3. The van der Waals surface area contributed by atoms with Crippen LogP contribution in [0.4, 0.5) is 0 Å². The summed E-state index contributed by atoms with van der Waals surface area (Å²) in [4.78, 5) is 0. The average Bonchev–Trinajstić information content (AvgIpc) is 2.46. The molecule has 0 bridgehead atoms. The number of hydrogen-bond acceptors (Lipinski definition) is 1. The minimum Gasteiger partial charge on any atom is -0.507 e. The topological polar surface area (TPSA) is 20.2 Å². The van der Waals surface area contributed by atoms with Crippen LogP contribution in [0.1, 0.15) is 37.5 Å². The molecule has 0 aliphatic rings. The minimum absolute atomic E-state index is 0.371. The first kappa shape index (κ1) is 13.7. The van der Waals surface area contributed by atoms with Crippen molar-refractivity contribution in [1.82, 2.24) is 0 Å². The molecule has 0 aromatic heterocycles. The van der Waals surface area contributed by atoms with E-state index in [1.807, 2.05) is 18.2 Å². The fourth-order valence-corrected chi connectivity index (χ4v) is 2.63. The van der Waals surface area contributed by atoms with Crippen LogP contribution in [-0.4, -0.2) is 5.11 Å². The Bertz CT molecular complexity index is 545. The molecule has 1 N–H and O–H groups in total. The van der Waals surface area contributed by atoms with Crippen molar-refractivity contribution in [1.29, 1.82) is 0 Å². The van der Waals surface area contributed by atoms with E-state index in [2.05, 4.69) is 32.9 Å². The molecule has 2 rings (SSSR count). The summed E-state index contributed by atoms with van der Waals surface area (Å²) in [5, 5.41) is 10.1. The molecule has 0 spiro atoms. The van der Waals surface area contributed by atoms with Gasteiger partial charge in [0.1, 0.15) is 5.75 Å². The van der Waals surface area contributed by atoms with Crippen molar-refractivity contribution in [2.24, 2.45) is 0 Å². The number of aryl methyl sites for hydroxylation is 3. The van der Waals surface area contributed by atoms with Crippen LogP contribution in [0.5, 0.6) is 5.75 Å². The van der Waals surface area contributed by atoms with Crippen molar-refractivity contribution in [3.8, 4) is 16.9 Å². The largest absolute Gasteiger partial charge is 0.507 e. The third kappa shape index (κ3) is 2.65. The van der Waals surface area contributed by atoms with Crippen molar-refractivity contribution >= 4 is 0 Å². The van der Waals surface area contributed by atoms with E-state index < -0.39 is 0 Å². The van der Waals surface area contributed by atoms with Crippen molar-refractivity contribution in [3.05, 3.63) is 53.1 Å². The van der Waals surface area contributed by atoms with Gasteiger partial charge in [-0.25, -0.2) is 0 Å². The Morgan fingerprint density at radius 1 is 0.842 bits per heavy atom. The monoisotopic (exact) mass is 254 g/mol. The highest BCUT2D eigenvalue weighted by molar-refractivity contribution is 5.76. The normalized spacial score (nSPS) is 10.7. The lowest BCUT2D eigenvalue weighted by atomic mass is 9.89. The molecule has 19 heavy (non-hydrogen) atoms. The quantitative estimate of drug-likeness (QED) is 0.835. The van der Waals surface area contributed by atoms with Crippen LogP contribution in [0.2, 0.25) is 0 Å². The first-order valence-corrected chi connectivity index (χ1v) is 7.14. The number of benzene rings is 2. The Hall–Kier alpha value is -1.76. The second-order valence-electron chi connectivity index (χ2n) is 4.87. The molecule has 1 heteroatoms. The molecule has 2 aromatic rings. The van der Waals surface area contributed by atoms with E-state index in [1.54, 1.807) is 6.07 Å². The Balaban J connectivity index is 2.71. The molecule has 0 atom stereocenters. The van der Waals surface area contributed by atoms with E-state index in [1.165, 1.54) is 22.3 Å². The zero-order chi connectivity index (χ0) is 13.8. The van der Waals surface area contributed by atoms with Crippen LogP contribution in [0.25, 0.3) is 11.1 Å². The molecule has 0 saturated carbocycles. The second-order valence-corrected chi connectivity index (χ2v) is 4.87. The van der Waals surface area contributed by atoms with Crippen LogP contribution in [-0.2, 0) is 19.3 Å². The molecule has 0 heterocycles. The van der Waals surface area contributed by atoms with Crippen molar-refractivity contribution in [2.45, 2.75) is 40.0 Å². The second kappa shape index (κ2) is 5.92. The Kier molecular flexibility index (Phi) is 4.26. The maximum Gasteiger partial charge on any atom is 0.123 e. The average molecular weight is 254 g/mol. The summed E-state index contributed by atoms with van der Waals surface area (Å²) in [6, 6.07) is 12.2. The first-order valence-electron chi connectivity index (χ1n) is 7.14. The first-order chi connectivity index (χ1) is 9.21. The maximum absolute atomic E-state index is 10.1. The Morgan fingerprint density at radius 3 is 1.89 bits per heavy atom. The lowest BCUT2D eigenvalue weighted by Gasteiger charge is -2.16. The maximum atomic E-state index is 10.1. The third-order valence-electron chi connectivity index (χ3n) is 3.70. The number of rotatable bonds is 4. The van der Waals surface area contributed by atoms with Gasteiger partial charge in [-0.3, -0.25) is 0 Å². The minimum atomic E-state index is 0.371. The van der Waals surface area contributed by atoms with E-state index in [0.29, 0.717) is 5.75 Å². The number of phenolic OH excluding ortho intramolecular Hbond substituents is 1. The lowest BCUT2D eigenvalue weighted by molar-refractivity contribution is 0.477. The van der Waals surface area contributed by atoms with E-state index in [-0.39, 0.29) is 0 Å². The summed E-state index contributed by atoms with van der Waals surface area (Å²) in [6.07, 6.45) is 3.04. The number of hydrogen-bond donors (Lipinski definition) is 1. The predicted molar refractivity (Wildman–Crippen MR) is 81.7 cm³/mol. The molecule has 1 nitrogen and oxygen atoms in total. The Morgan fingerprint density at radius 2 is 1.42 bits per heavy atom. The number of para-hydroxylation sites is 1. The fraction of sp³-hybridized carbons (Fsp3) is 0.333. The van der Waals surface area contributed by atoms with Gasteiger partial charge < -0.3 is 5.11 Å². The molecule has 0 amide bonds.